The zero-order valence-corrected chi connectivity index (χ0v) is 21.6. The van der Waals surface area contributed by atoms with Crippen LogP contribution in [-0.4, -0.2) is 42.7 Å². The van der Waals surface area contributed by atoms with Crippen molar-refractivity contribution >= 4 is 11.8 Å². The van der Waals surface area contributed by atoms with Crippen LogP contribution in [-0.2, 0) is 11.2 Å². The number of fused-ring (bicyclic) bond motifs is 2. The molecule has 2 amide bonds. The summed E-state index contributed by atoms with van der Waals surface area (Å²) >= 11 is 0. The zero-order chi connectivity index (χ0) is 26.5. The van der Waals surface area contributed by atoms with Crippen molar-refractivity contribution in [1.82, 2.24) is 10.2 Å². The van der Waals surface area contributed by atoms with Gasteiger partial charge in [-0.1, -0.05) is 60.7 Å². The predicted octanol–water partition coefficient (Wildman–Crippen LogP) is 5.07. The van der Waals surface area contributed by atoms with E-state index in [0.29, 0.717) is 42.1 Å². The number of para-hydroxylation sites is 1. The van der Waals surface area contributed by atoms with Crippen LogP contribution in [0.15, 0.2) is 84.9 Å². The third-order valence-corrected chi connectivity index (χ3v) is 6.93. The summed E-state index contributed by atoms with van der Waals surface area (Å²) in [7, 11) is 1.68. The summed E-state index contributed by atoms with van der Waals surface area (Å²) in [6.07, 6.45) is 5.60. The molecular weight excluding hydrogens is 480 g/mol. The van der Waals surface area contributed by atoms with E-state index in [1.165, 1.54) is 4.90 Å². The lowest BCUT2D eigenvalue weighted by atomic mass is 9.99. The standard InChI is InChI=1S/C31H32N2O5/c1-21-10-6-8-14-25(23-16-17-28-29(19-23)37-20-36-28)32-30(34)26(18-22-11-4-3-5-12-22)33(2)31(35)24-13-7-9-15-27(24)38-21/h3-9,11-13,15-17,19,21,25-26H,10,14,18,20H2,1-2H3,(H,32,34)/b8-6+/t21-,25-,26-/m1/s1. The number of ether oxygens (including phenoxy) is 3. The molecule has 7 heteroatoms. The fourth-order valence-electron chi connectivity index (χ4n) is 4.78. The lowest BCUT2D eigenvalue weighted by Crippen LogP contribution is -2.49. The van der Waals surface area contributed by atoms with E-state index in [1.807, 2.05) is 67.6 Å². The highest BCUT2D eigenvalue weighted by atomic mass is 16.7. The Hall–Kier alpha value is -4.26. The van der Waals surface area contributed by atoms with Gasteiger partial charge in [0.15, 0.2) is 11.5 Å². The van der Waals surface area contributed by atoms with Crippen molar-refractivity contribution < 1.29 is 23.8 Å². The normalized spacial score (nSPS) is 22.6. The Morgan fingerprint density at radius 1 is 0.868 bits per heavy atom. The van der Waals surface area contributed by atoms with Gasteiger partial charge in [0.05, 0.1) is 17.7 Å². The molecule has 0 bridgehead atoms. The highest BCUT2D eigenvalue weighted by Gasteiger charge is 2.31. The minimum absolute atomic E-state index is 0.132. The van der Waals surface area contributed by atoms with Crippen LogP contribution in [0.25, 0.3) is 0 Å². The molecule has 0 unspecified atom stereocenters. The molecule has 0 saturated heterocycles. The van der Waals surface area contributed by atoms with Gasteiger partial charge in [-0.05, 0) is 48.7 Å². The number of carbonyl (C=O) groups excluding carboxylic acids is 2. The van der Waals surface area contributed by atoms with Gasteiger partial charge < -0.3 is 24.4 Å². The Kier molecular flexibility index (Phi) is 7.63. The Bertz CT molecular complexity index is 1320. The minimum Gasteiger partial charge on any atom is -0.490 e. The smallest absolute Gasteiger partial charge is 0.258 e. The molecule has 0 aliphatic carbocycles. The molecule has 3 aromatic carbocycles. The van der Waals surface area contributed by atoms with Crippen LogP contribution in [0.5, 0.6) is 17.2 Å². The Balaban J connectivity index is 1.51. The molecule has 0 fully saturated rings. The van der Waals surface area contributed by atoms with Gasteiger partial charge in [-0.15, -0.1) is 0 Å². The average Bonchev–Trinajstić information content (AvgIpc) is 3.41. The first-order chi connectivity index (χ1) is 18.5. The number of nitrogens with zero attached hydrogens (tertiary/aromatic N) is 1. The number of hydrogen-bond donors (Lipinski definition) is 1. The molecule has 1 N–H and O–H groups in total. The highest BCUT2D eigenvalue weighted by molar-refractivity contribution is 5.99. The fraction of sp³-hybridized carbons (Fsp3) is 0.290. The van der Waals surface area contributed by atoms with Gasteiger partial charge in [0.2, 0.25) is 12.7 Å². The van der Waals surface area contributed by atoms with Gasteiger partial charge in [0.25, 0.3) is 5.91 Å². The number of likely N-dealkylation sites (N-methyl/N-ethyl adjacent to an activating group) is 1. The third-order valence-electron chi connectivity index (χ3n) is 6.93. The summed E-state index contributed by atoms with van der Waals surface area (Å²) in [6, 6.07) is 21.6. The summed E-state index contributed by atoms with van der Waals surface area (Å²) in [5, 5.41) is 3.22. The number of nitrogens with one attached hydrogen (secondary N) is 1. The molecule has 0 radical (unpaired) electrons. The van der Waals surface area contributed by atoms with Crippen LogP contribution in [0.4, 0.5) is 0 Å². The number of benzene rings is 3. The van der Waals surface area contributed by atoms with Crippen LogP contribution >= 0.6 is 0 Å². The number of carbonyl (C=O) groups is 2. The summed E-state index contributed by atoms with van der Waals surface area (Å²) in [5.74, 6) is 1.36. The van der Waals surface area contributed by atoms with Crippen LogP contribution in [0, 0.1) is 0 Å². The second kappa shape index (κ2) is 11.4. The molecule has 38 heavy (non-hydrogen) atoms. The molecule has 196 valence electrons. The summed E-state index contributed by atoms with van der Waals surface area (Å²) < 4.78 is 17.2. The topological polar surface area (TPSA) is 77.1 Å². The van der Waals surface area contributed by atoms with Crippen LogP contribution in [0.2, 0.25) is 0 Å². The van der Waals surface area contributed by atoms with E-state index in [4.69, 9.17) is 14.2 Å². The largest absolute Gasteiger partial charge is 0.490 e. The molecule has 3 atom stereocenters. The first kappa shape index (κ1) is 25.4. The van der Waals surface area contributed by atoms with Crippen LogP contribution in [0.1, 0.15) is 47.3 Å². The Morgan fingerprint density at radius 2 is 1.61 bits per heavy atom. The summed E-state index contributed by atoms with van der Waals surface area (Å²) in [4.78, 5) is 29.2. The van der Waals surface area contributed by atoms with E-state index in [-0.39, 0.29) is 30.8 Å². The maximum atomic E-state index is 13.9. The third kappa shape index (κ3) is 5.67. The van der Waals surface area contributed by atoms with Crippen molar-refractivity contribution in [3.05, 3.63) is 102 Å². The summed E-state index contributed by atoms with van der Waals surface area (Å²) in [5.41, 5.74) is 2.30. The van der Waals surface area contributed by atoms with E-state index in [0.717, 1.165) is 11.1 Å². The number of rotatable bonds is 3. The molecule has 7 nitrogen and oxygen atoms in total. The molecule has 0 aromatic heterocycles. The first-order valence-corrected chi connectivity index (χ1v) is 12.9. The van der Waals surface area contributed by atoms with Crippen molar-refractivity contribution in [2.24, 2.45) is 0 Å². The van der Waals surface area contributed by atoms with Crippen LogP contribution < -0.4 is 19.5 Å². The van der Waals surface area contributed by atoms with E-state index < -0.39 is 6.04 Å². The van der Waals surface area contributed by atoms with E-state index in [1.54, 1.807) is 19.2 Å². The van der Waals surface area contributed by atoms with Crippen molar-refractivity contribution in [2.45, 2.75) is 44.4 Å². The van der Waals surface area contributed by atoms with Crippen molar-refractivity contribution in [3.63, 3.8) is 0 Å². The minimum atomic E-state index is -0.737. The Labute approximate surface area is 223 Å². The monoisotopic (exact) mass is 512 g/mol. The van der Waals surface area contributed by atoms with Gasteiger partial charge >= 0.3 is 0 Å². The van der Waals surface area contributed by atoms with Crippen molar-refractivity contribution in [2.75, 3.05) is 13.8 Å². The molecule has 2 aliphatic heterocycles. The molecule has 2 heterocycles. The van der Waals surface area contributed by atoms with Crippen molar-refractivity contribution in [1.29, 1.82) is 0 Å². The van der Waals surface area contributed by atoms with Gasteiger partial charge in [0.1, 0.15) is 11.8 Å². The maximum Gasteiger partial charge on any atom is 0.258 e. The molecule has 0 spiro atoms. The lowest BCUT2D eigenvalue weighted by Gasteiger charge is -2.30. The average molecular weight is 513 g/mol. The Morgan fingerprint density at radius 3 is 2.45 bits per heavy atom. The predicted molar refractivity (Wildman–Crippen MR) is 144 cm³/mol. The maximum absolute atomic E-state index is 13.9. The highest BCUT2D eigenvalue weighted by Crippen LogP contribution is 2.35. The second-order valence-electron chi connectivity index (χ2n) is 9.66. The van der Waals surface area contributed by atoms with Crippen LogP contribution in [0.3, 0.4) is 0 Å². The first-order valence-electron chi connectivity index (χ1n) is 12.9. The molecular formula is C31H32N2O5. The fourth-order valence-corrected chi connectivity index (χ4v) is 4.78. The number of hydrogen-bond acceptors (Lipinski definition) is 5. The zero-order valence-electron chi connectivity index (χ0n) is 21.6. The van der Waals surface area contributed by atoms with Gasteiger partial charge in [-0.2, -0.15) is 0 Å². The number of amides is 2. The summed E-state index contributed by atoms with van der Waals surface area (Å²) in [6.45, 7) is 2.16. The quantitative estimate of drug-likeness (QED) is 0.496. The van der Waals surface area contributed by atoms with Gasteiger partial charge in [0, 0.05) is 19.9 Å². The van der Waals surface area contributed by atoms with E-state index in [9.17, 15) is 9.59 Å². The second-order valence-corrected chi connectivity index (χ2v) is 9.66. The lowest BCUT2D eigenvalue weighted by molar-refractivity contribution is -0.126. The van der Waals surface area contributed by atoms with Gasteiger partial charge in [-0.25, -0.2) is 0 Å². The molecule has 5 rings (SSSR count). The molecule has 2 aliphatic rings. The van der Waals surface area contributed by atoms with E-state index >= 15 is 0 Å². The SMILES string of the molecule is C[C@@H]1C/C=C/C[C@H](c2ccc3c(c2)OCO3)NC(=O)[C@@H](Cc2ccccc2)N(C)C(=O)c2ccccc2O1. The van der Waals surface area contributed by atoms with E-state index in [2.05, 4.69) is 17.5 Å². The van der Waals surface area contributed by atoms with Crippen molar-refractivity contribution in [3.8, 4) is 17.2 Å². The molecule has 0 saturated carbocycles. The van der Waals surface area contributed by atoms with Gasteiger partial charge in [-0.3, -0.25) is 9.59 Å². The molecule has 3 aromatic rings.